The number of aromatic nitrogens is 3. The number of nitrogens with zero attached hydrogens (tertiary/aromatic N) is 2. The van der Waals surface area contributed by atoms with Crippen molar-refractivity contribution in [2.75, 3.05) is 0 Å². The van der Waals surface area contributed by atoms with Crippen LogP contribution in [0.5, 0.6) is 5.75 Å². The van der Waals surface area contributed by atoms with Gasteiger partial charge in [-0.3, -0.25) is 14.5 Å². The monoisotopic (exact) mass is 416 g/mol. The zero-order chi connectivity index (χ0) is 20.1. The first kappa shape index (κ1) is 20.3. The summed E-state index contributed by atoms with van der Waals surface area (Å²) in [6.45, 7) is 6.43. The van der Waals surface area contributed by atoms with E-state index in [1.165, 1.54) is 0 Å². The normalized spacial score (nSPS) is 12.1. The third kappa shape index (κ3) is 5.08. The van der Waals surface area contributed by atoms with Crippen molar-refractivity contribution in [3.05, 3.63) is 52.1 Å². The lowest BCUT2D eigenvalue weighted by Gasteiger charge is -2.16. The molecule has 0 bridgehead atoms. The zero-order valence-electron chi connectivity index (χ0n) is 16.1. The predicted molar refractivity (Wildman–Crippen MR) is 114 cm³/mol. The van der Waals surface area contributed by atoms with E-state index in [2.05, 4.69) is 15.5 Å². The molecule has 0 aliphatic rings. The van der Waals surface area contributed by atoms with Crippen LogP contribution < -0.4 is 10.1 Å². The average Bonchev–Trinajstić information content (AvgIpc) is 3.29. The fourth-order valence-corrected chi connectivity index (χ4v) is 3.78. The smallest absolute Gasteiger partial charge is 0.222 e. The summed E-state index contributed by atoms with van der Waals surface area (Å²) < 4.78 is 8.04. The van der Waals surface area contributed by atoms with Gasteiger partial charge in [-0.25, -0.2) is 0 Å². The Labute approximate surface area is 173 Å². The summed E-state index contributed by atoms with van der Waals surface area (Å²) in [4.78, 5) is 13.5. The SMILES string of the molecule is CC(C)Oc1ccc(C(C)NC(=O)CCn2c(-c3cccs3)n[nH]c2=S)cc1. The highest BCUT2D eigenvalue weighted by Crippen LogP contribution is 2.23. The Hall–Kier alpha value is -2.45. The molecule has 1 atom stereocenters. The maximum Gasteiger partial charge on any atom is 0.222 e. The molecule has 1 unspecified atom stereocenters. The van der Waals surface area contributed by atoms with Gasteiger partial charge in [-0.2, -0.15) is 5.10 Å². The molecule has 8 heteroatoms. The van der Waals surface area contributed by atoms with E-state index in [4.69, 9.17) is 17.0 Å². The first-order valence-corrected chi connectivity index (χ1v) is 10.5. The zero-order valence-corrected chi connectivity index (χ0v) is 17.8. The number of ether oxygens (including phenoxy) is 1. The van der Waals surface area contributed by atoms with Gasteiger partial charge in [-0.15, -0.1) is 11.3 Å². The summed E-state index contributed by atoms with van der Waals surface area (Å²) in [6, 6.07) is 11.7. The Morgan fingerprint density at radius 2 is 2.04 bits per heavy atom. The van der Waals surface area contributed by atoms with E-state index in [-0.39, 0.29) is 18.1 Å². The number of hydrogen-bond donors (Lipinski definition) is 2. The summed E-state index contributed by atoms with van der Waals surface area (Å²) >= 11 is 6.90. The van der Waals surface area contributed by atoms with Crippen LogP contribution in [0.2, 0.25) is 0 Å². The second kappa shape index (κ2) is 9.16. The van der Waals surface area contributed by atoms with E-state index in [9.17, 15) is 4.79 Å². The number of carbonyl (C=O) groups excluding carboxylic acids is 1. The van der Waals surface area contributed by atoms with Crippen LogP contribution in [0, 0.1) is 4.77 Å². The molecule has 3 aromatic rings. The maximum absolute atomic E-state index is 12.4. The molecule has 6 nitrogen and oxygen atoms in total. The quantitative estimate of drug-likeness (QED) is 0.521. The van der Waals surface area contributed by atoms with Crippen LogP contribution in [0.25, 0.3) is 10.7 Å². The Kier molecular flexibility index (Phi) is 6.64. The lowest BCUT2D eigenvalue weighted by Crippen LogP contribution is -2.27. The third-order valence-corrected chi connectivity index (χ3v) is 5.37. The van der Waals surface area contributed by atoms with E-state index >= 15 is 0 Å². The molecule has 0 spiro atoms. The van der Waals surface area contributed by atoms with Crippen molar-refractivity contribution in [1.82, 2.24) is 20.1 Å². The van der Waals surface area contributed by atoms with Gasteiger partial charge in [-0.1, -0.05) is 18.2 Å². The van der Waals surface area contributed by atoms with E-state index in [0.717, 1.165) is 22.0 Å². The van der Waals surface area contributed by atoms with Crippen LogP contribution >= 0.6 is 23.6 Å². The molecule has 0 fully saturated rings. The summed E-state index contributed by atoms with van der Waals surface area (Å²) in [5, 5.41) is 12.1. The summed E-state index contributed by atoms with van der Waals surface area (Å²) in [7, 11) is 0. The number of H-pyrrole nitrogens is 1. The van der Waals surface area contributed by atoms with Crippen molar-refractivity contribution in [2.24, 2.45) is 0 Å². The highest BCUT2D eigenvalue weighted by molar-refractivity contribution is 7.71. The van der Waals surface area contributed by atoms with Crippen LogP contribution in [0.3, 0.4) is 0 Å². The predicted octanol–water partition coefficient (Wildman–Crippen LogP) is 4.72. The molecule has 3 rings (SSSR count). The number of hydrogen-bond acceptors (Lipinski definition) is 5. The van der Waals surface area contributed by atoms with Crippen LogP contribution in [0.15, 0.2) is 41.8 Å². The van der Waals surface area contributed by atoms with E-state index in [1.54, 1.807) is 11.3 Å². The number of benzene rings is 1. The van der Waals surface area contributed by atoms with Crippen LogP contribution in [0.4, 0.5) is 0 Å². The van der Waals surface area contributed by atoms with Gasteiger partial charge in [-0.05, 0) is 62.1 Å². The van der Waals surface area contributed by atoms with E-state index in [1.807, 2.05) is 67.1 Å². The van der Waals surface area contributed by atoms with Gasteiger partial charge >= 0.3 is 0 Å². The molecule has 2 heterocycles. The van der Waals surface area contributed by atoms with Crippen LogP contribution in [-0.4, -0.2) is 26.8 Å². The second-order valence-electron chi connectivity index (χ2n) is 6.76. The van der Waals surface area contributed by atoms with Gasteiger partial charge in [0.15, 0.2) is 10.6 Å². The number of amides is 1. The molecule has 0 radical (unpaired) electrons. The molecule has 28 heavy (non-hydrogen) atoms. The van der Waals surface area contributed by atoms with Crippen molar-refractivity contribution in [1.29, 1.82) is 0 Å². The summed E-state index contributed by atoms with van der Waals surface area (Å²) in [5.41, 5.74) is 1.03. The second-order valence-corrected chi connectivity index (χ2v) is 8.09. The highest BCUT2D eigenvalue weighted by Gasteiger charge is 2.13. The fraction of sp³-hybridized carbons (Fsp3) is 0.350. The molecular formula is C20H24N4O2S2. The number of carbonyl (C=O) groups is 1. The van der Waals surface area contributed by atoms with Gasteiger partial charge in [0, 0.05) is 13.0 Å². The van der Waals surface area contributed by atoms with Crippen molar-refractivity contribution in [2.45, 2.75) is 45.9 Å². The van der Waals surface area contributed by atoms with Crippen molar-refractivity contribution < 1.29 is 9.53 Å². The first-order valence-electron chi connectivity index (χ1n) is 9.19. The summed E-state index contributed by atoms with van der Waals surface area (Å²) in [5.74, 6) is 1.56. The molecule has 2 aromatic heterocycles. The van der Waals surface area contributed by atoms with Gasteiger partial charge in [0.2, 0.25) is 5.91 Å². The largest absolute Gasteiger partial charge is 0.491 e. The lowest BCUT2D eigenvalue weighted by molar-refractivity contribution is -0.121. The minimum absolute atomic E-state index is 0.0322. The standard InChI is InChI=1S/C20H24N4O2S2/c1-13(2)26-16-8-6-15(7-9-16)14(3)21-18(25)10-11-24-19(22-23-20(24)27)17-5-4-12-28-17/h4-9,12-14H,10-11H2,1-3H3,(H,21,25)(H,23,27). The molecule has 1 amide bonds. The fourth-order valence-electron chi connectivity index (χ4n) is 2.84. The van der Waals surface area contributed by atoms with Gasteiger partial charge in [0.25, 0.3) is 0 Å². The van der Waals surface area contributed by atoms with E-state index < -0.39 is 0 Å². The molecule has 2 N–H and O–H groups in total. The third-order valence-electron chi connectivity index (χ3n) is 4.19. The number of aromatic amines is 1. The first-order chi connectivity index (χ1) is 13.4. The Bertz CT molecular complexity index is 959. The molecule has 1 aromatic carbocycles. The number of thiophene rings is 1. The average molecular weight is 417 g/mol. The Morgan fingerprint density at radius 3 is 2.68 bits per heavy atom. The highest BCUT2D eigenvalue weighted by atomic mass is 32.1. The molecule has 0 saturated carbocycles. The van der Waals surface area contributed by atoms with E-state index in [0.29, 0.717) is 17.7 Å². The van der Waals surface area contributed by atoms with Crippen molar-refractivity contribution in [3.63, 3.8) is 0 Å². The van der Waals surface area contributed by atoms with Crippen LogP contribution in [0.1, 0.15) is 38.8 Å². The van der Waals surface area contributed by atoms with Crippen molar-refractivity contribution in [3.8, 4) is 16.5 Å². The molecule has 0 saturated heterocycles. The summed E-state index contributed by atoms with van der Waals surface area (Å²) in [6.07, 6.45) is 0.460. The van der Waals surface area contributed by atoms with Gasteiger partial charge in [0.05, 0.1) is 17.0 Å². The van der Waals surface area contributed by atoms with Crippen molar-refractivity contribution >= 4 is 29.5 Å². The Morgan fingerprint density at radius 1 is 1.29 bits per heavy atom. The molecular weight excluding hydrogens is 392 g/mol. The minimum atomic E-state index is -0.0883. The lowest BCUT2D eigenvalue weighted by atomic mass is 10.1. The number of rotatable bonds is 8. The molecule has 0 aliphatic heterocycles. The minimum Gasteiger partial charge on any atom is -0.491 e. The van der Waals surface area contributed by atoms with Gasteiger partial charge in [0.1, 0.15) is 5.75 Å². The Balaban J connectivity index is 1.58. The molecule has 0 aliphatic carbocycles. The number of nitrogens with one attached hydrogen (secondary N) is 2. The maximum atomic E-state index is 12.4. The molecule has 148 valence electrons. The van der Waals surface area contributed by atoms with Gasteiger partial charge < -0.3 is 10.1 Å². The van der Waals surface area contributed by atoms with Crippen LogP contribution in [-0.2, 0) is 11.3 Å². The topological polar surface area (TPSA) is 71.9 Å².